The number of amides is 1. The third-order valence-electron chi connectivity index (χ3n) is 5.68. The number of nitrogens with two attached hydrogens (primary N) is 1. The maximum atomic E-state index is 15.1. The molecule has 1 aromatic heterocycles. The summed E-state index contributed by atoms with van der Waals surface area (Å²) in [5.74, 6) is -3.67. The number of rotatable bonds is 5. The number of anilines is 2. The van der Waals surface area contributed by atoms with Crippen LogP contribution in [0, 0.1) is 12.7 Å². The fourth-order valence-electron chi connectivity index (χ4n) is 3.82. The van der Waals surface area contributed by atoms with Crippen molar-refractivity contribution < 1.29 is 41.0 Å². The third kappa shape index (κ3) is 6.37. The van der Waals surface area contributed by atoms with Crippen molar-refractivity contribution in [3.05, 3.63) is 81.8 Å². The fourth-order valence-corrected chi connectivity index (χ4v) is 3.82. The first kappa shape index (κ1) is 29.2. The van der Waals surface area contributed by atoms with Crippen molar-refractivity contribution in [2.24, 2.45) is 5.73 Å². The standard InChI is InChI=1S/C22H20F3N5O2.C2HF3O2/c1-13-3-2-4-14-5-8-19(31)30(20(13)14)16-6-7-18(17(23)9-16)28-12-27-29(22(28)32)11-15(10-26)21(24)25;3-2(4,5)1(6)7/h2-4,6-7,9,12H,5,8,10-11,26H2,1H3;(H,6,7). The van der Waals surface area contributed by atoms with Gasteiger partial charge in [0.2, 0.25) is 5.91 Å². The second kappa shape index (κ2) is 11.6. The van der Waals surface area contributed by atoms with Crippen LogP contribution in [0.4, 0.5) is 37.7 Å². The van der Waals surface area contributed by atoms with Gasteiger partial charge in [-0.3, -0.25) is 9.69 Å². The van der Waals surface area contributed by atoms with Crippen LogP contribution in [0.2, 0.25) is 0 Å². The molecule has 0 radical (unpaired) electrons. The van der Waals surface area contributed by atoms with Gasteiger partial charge in [0.15, 0.2) is 0 Å². The van der Waals surface area contributed by atoms with Gasteiger partial charge in [-0.1, -0.05) is 18.2 Å². The van der Waals surface area contributed by atoms with Gasteiger partial charge in [0, 0.05) is 24.6 Å². The molecule has 0 atom stereocenters. The summed E-state index contributed by atoms with van der Waals surface area (Å²) in [5, 5.41) is 10.9. The van der Waals surface area contributed by atoms with Gasteiger partial charge in [-0.25, -0.2) is 23.2 Å². The molecule has 0 aliphatic carbocycles. The average molecular weight is 557 g/mol. The van der Waals surface area contributed by atoms with Crippen molar-refractivity contribution in [1.82, 2.24) is 14.3 Å². The molecule has 3 aromatic rings. The van der Waals surface area contributed by atoms with E-state index >= 15 is 4.39 Å². The molecule has 2 aromatic carbocycles. The lowest BCUT2D eigenvalue weighted by Crippen LogP contribution is -2.31. The topological polar surface area (TPSA) is 123 Å². The number of carboxylic acid groups (broad SMARTS) is 1. The summed E-state index contributed by atoms with van der Waals surface area (Å²) in [5.41, 5.74) is 6.88. The van der Waals surface area contributed by atoms with Gasteiger partial charge in [0.1, 0.15) is 12.1 Å². The predicted molar refractivity (Wildman–Crippen MR) is 126 cm³/mol. The molecular weight excluding hydrogens is 536 g/mol. The maximum Gasteiger partial charge on any atom is 0.490 e. The number of carbonyl (C=O) groups is 2. The Morgan fingerprint density at radius 3 is 2.36 bits per heavy atom. The number of benzene rings is 2. The Balaban J connectivity index is 0.000000532. The van der Waals surface area contributed by atoms with Gasteiger partial charge in [0.05, 0.1) is 23.6 Å². The molecule has 15 heteroatoms. The van der Waals surface area contributed by atoms with E-state index in [-0.39, 0.29) is 11.6 Å². The van der Waals surface area contributed by atoms with Crippen LogP contribution in [-0.2, 0) is 22.6 Å². The Labute approximate surface area is 216 Å². The van der Waals surface area contributed by atoms with Gasteiger partial charge in [-0.2, -0.15) is 27.1 Å². The maximum absolute atomic E-state index is 15.1. The molecule has 1 aliphatic heterocycles. The molecular formula is C24H21F6N5O4. The molecule has 0 spiro atoms. The highest BCUT2D eigenvalue weighted by Crippen LogP contribution is 2.37. The lowest BCUT2D eigenvalue weighted by Gasteiger charge is -2.31. The molecule has 0 unspecified atom stereocenters. The zero-order chi connectivity index (χ0) is 29.1. The molecule has 1 aliphatic rings. The van der Waals surface area contributed by atoms with Crippen LogP contribution < -0.4 is 16.3 Å². The Kier molecular flexibility index (Phi) is 8.64. The highest BCUT2D eigenvalue weighted by molar-refractivity contribution is 6.03. The molecule has 3 N–H and O–H groups in total. The first-order chi connectivity index (χ1) is 18.3. The molecule has 4 rings (SSSR count). The number of para-hydroxylation sites is 1. The number of nitrogens with zero attached hydrogens (tertiary/aromatic N) is 4. The van der Waals surface area contributed by atoms with Crippen LogP contribution in [0.25, 0.3) is 5.69 Å². The molecule has 39 heavy (non-hydrogen) atoms. The van der Waals surface area contributed by atoms with Crippen molar-refractivity contribution >= 4 is 23.3 Å². The van der Waals surface area contributed by atoms with Crippen molar-refractivity contribution in [3.63, 3.8) is 0 Å². The first-order valence-corrected chi connectivity index (χ1v) is 11.1. The minimum Gasteiger partial charge on any atom is -0.475 e. The summed E-state index contributed by atoms with van der Waals surface area (Å²) in [7, 11) is 0. The highest BCUT2D eigenvalue weighted by atomic mass is 19.4. The number of aliphatic carboxylic acids is 1. The lowest BCUT2D eigenvalue weighted by atomic mass is 9.97. The summed E-state index contributed by atoms with van der Waals surface area (Å²) in [4.78, 5) is 35.6. The summed E-state index contributed by atoms with van der Waals surface area (Å²) in [6.07, 6.45) is -5.10. The zero-order valence-corrected chi connectivity index (χ0v) is 20.2. The van der Waals surface area contributed by atoms with Gasteiger partial charge in [-0.15, -0.1) is 0 Å². The van der Waals surface area contributed by atoms with E-state index in [1.807, 2.05) is 25.1 Å². The normalized spacial score (nSPS) is 12.9. The van der Waals surface area contributed by atoms with Gasteiger partial charge < -0.3 is 10.8 Å². The summed E-state index contributed by atoms with van der Waals surface area (Å²) >= 11 is 0. The van der Waals surface area contributed by atoms with E-state index < -0.39 is 48.4 Å². The third-order valence-corrected chi connectivity index (χ3v) is 5.68. The second-order valence-corrected chi connectivity index (χ2v) is 8.26. The van der Waals surface area contributed by atoms with Crippen LogP contribution >= 0.6 is 0 Å². The minimum atomic E-state index is -5.08. The molecule has 2 heterocycles. The molecule has 0 saturated heterocycles. The number of alkyl halides is 3. The zero-order valence-electron chi connectivity index (χ0n) is 20.2. The van der Waals surface area contributed by atoms with E-state index in [9.17, 15) is 31.5 Å². The van der Waals surface area contributed by atoms with Gasteiger partial charge in [0.25, 0.3) is 6.08 Å². The minimum absolute atomic E-state index is 0.113. The number of carboxylic acids is 1. The molecule has 1 amide bonds. The van der Waals surface area contributed by atoms with Crippen LogP contribution in [0.5, 0.6) is 0 Å². The van der Waals surface area contributed by atoms with Crippen LogP contribution in [0.15, 0.2) is 59.2 Å². The molecule has 0 bridgehead atoms. The summed E-state index contributed by atoms with van der Waals surface area (Å²) in [6, 6.07) is 9.79. The molecule has 0 saturated carbocycles. The monoisotopic (exact) mass is 557 g/mol. The van der Waals surface area contributed by atoms with E-state index in [1.165, 1.54) is 23.1 Å². The van der Waals surface area contributed by atoms with E-state index in [0.29, 0.717) is 18.5 Å². The number of aryl methyl sites for hydroxylation is 2. The predicted octanol–water partition coefficient (Wildman–Crippen LogP) is 3.84. The summed E-state index contributed by atoms with van der Waals surface area (Å²) in [6.45, 7) is 0.950. The largest absolute Gasteiger partial charge is 0.490 e. The van der Waals surface area contributed by atoms with Crippen molar-refractivity contribution in [1.29, 1.82) is 0 Å². The number of fused-ring (bicyclic) bond motifs is 1. The number of halogens is 6. The Bertz CT molecular complexity index is 1490. The van der Waals surface area contributed by atoms with E-state index in [0.717, 1.165) is 32.4 Å². The van der Waals surface area contributed by atoms with E-state index in [2.05, 4.69) is 5.10 Å². The van der Waals surface area contributed by atoms with Crippen LogP contribution in [-0.4, -0.2) is 44.1 Å². The van der Waals surface area contributed by atoms with Crippen molar-refractivity contribution in [2.75, 3.05) is 11.4 Å². The Hall–Kier alpha value is -4.40. The number of hydrogen-bond donors (Lipinski definition) is 2. The van der Waals surface area contributed by atoms with Crippen LogP contribution in [0.1, 0.15) is 17.5 Å². The summed E-state index contributed by atoms with van der Waals surface area (Å²) < 4.78 is 74.2. The van der Waals surface area contributed by atoms with Crippen LogP contribution in [0.3, 0.4) is 0 Å². The number of hydrogen-bond acceptors (Lipinski definition) is 5. The van der Waals surface area contributed by atoms with Crippen molar-refractivity contribution in [3.8, 4) is 5.69 Å². The molecule has 0 fully saturated rings. The quantitative estimate of drug-likeness (QED) is 0.460. The first-order valence-electron chi connectivity index (χ1n) is 11.1. The lowest BCUT2D eigenvalue weighted by molar-refractivity contribution is -0.192. The Morgan fingerprint density at radius 1 is 1.13 bits per heavy atom. The second-order valence-electron chi connectivity index (χ2n) is 8.26. The van der Waals surface area contributed by atoms with E-state index in [1.54, 1.807) is 0 Å². The number of carbonyl (C=O) groups excluding carboxylic acids is 1. The van der Waals surface area contributed by atoms with Gasteiger partial charge in [-0.05, 0) is 36.6 Å². The SMILES string of the molecule is Cc1cccc2c1N(c1ccc(-n3cnn(CC(CN)=C(F)F)c3=O)c(F)c1)C(=O)CC2.O=C(O)C(F)(F)F. The highest BCUT2D eigenvalue weighted by Gasteiger charge is 2.38. The molecule has 9 nitrogen and oxygen atoms in total. The Morgan fingerprint density at radius 2 is 1.79 bits per heavy atom. The van der Waals surface area contributed by atoms with Gasteiger partial charge >= 0.3 is 17.8 Å². The van der Waals surface area contributed by atoms with Crippen molar-refractivity contribution in [2.45, 2.75) is 32.5 Å². The smallest absolute Gasteiger partial charge is 0.475 e. The average Bonchev–Trinajstić information content (AvgIpc) is 3.22. The fraction of sp³-hybridized carbons (Fsp3) is 0.250. The molecule has 208 valence electrons. The van der Waals surface area contributed by atoms with E-state index in [4.69, 9.17) is 15.6 Å². The number of aromatic nitrogens is 3.